The third kappa shape index (κ3) is 3.72. The number of hydrogen-bond donors (Lipinski definition) is 2. The molecule has 0 saturated carbocycles. The molecule has 0 amide bonds. The van der Waals surface area contributed by atoms with Crippen LogP contribution in [0.5, 0.6) is 11.5 Å². The van der Waals surface area contributed by atoms with Gasteiger partial charge in [-0.1, -0.05) is 12.2 Å². The number of carboxylic acids is 1. The normalized spacial score (nSPS) is 16.9. The van der Waals surface area contributed by atoms with Crippen LogP contribution in [0.1, 0.15) is 11.1 Å². The van der Waals surface area contributed by atoms with Gasteiger partial charge < -0.3 is 19.8 Å². The van der Waals surface area contributed by atoms with Gasteiger partial charge in [-0.3, -0.25) is 4.79 Å². The monoisotopic (exact) mass is 339 g/mol. The molecule has 0 unspecified atom stereocenters. The van der Waals surface area contributed by atoms with Gasteiger partial charge in [-0.2, -0.15) is 0 Å². The molecule has 0 radical (unpaired) electrons. The molecule has 1 aromatic rings. The Kier molecular flexibility index (Phi) is 5.31. The second kappa shape index (κ2) is 7.02. The van der Waals surface area contributed by atoms with E-state index in [0.717, 1.165) is 16.2 Å². The van der Waals surface area contributed by atoms with Crippen LogP contribution in [0.4, 0.5) is 0 Å². The SMILES string of the molecule is COc1cc(C=C2SCCN(CC(=O)O)C2=S)cc(C)c1O. The lowest BCUT2D eigenvalue weighted by molar-refractivity contribution is -0.137. The number of aryl methyl sites for hydroxylation is 1. The zero-order valence-corrected chi connectivity index (χ0v) is 14.0. The van der Waals surface area contributed by atoms with Gasteiger partial charge in [0.15, 0.2) is 11.5 Å². The van der Waals surface area contributed by atoms with Crippen molar-refractivity contribution in [1.82, 2.24) is 4.90 Å². The Morgan fingerprint density at radius 2 is 2.27 bits per heavy atom. The molecule has 1 aromatic carbocycles. The number of hydrogen-bond acceptors (Lipinski definition) is 5. The number of aliphatic carboxylic acids is 1. The minimum Gasteiger partial charge on any atom is -0.504 e. The van der Waals surface area contributed by atoms with Crippen molar-refractivity contribution in [3.63, 3.8) is 0 Å². The molecule has 118 valence electrons. The number of carboxylic acid groups (broad SMARTS) is 1. The molecule has 1 fully saturated rings. The summed E-state index contributed by atoms with van der Waals surface area (Å²) < 4.78 is 5.15. The minimum absolute atomic E-state index is 0.0886. The predicted octanol–water partition coefficient (Wildman–Crippen LogP) is 2.51. The van der Waals surface area contributed by atoms with E-state index >= 15 is 0 Å². The molecule has 1 saturated heterocycles. The number of nitrogens with zero attached hydrogens (tertiary/aromatic N) is 1. The molecular weight excluding hydrogens is 322 g/mol. The van der Waals surface area contributed by atoms with Crippen molar-refractivity contribution in [2.45, 2.75) is 6.92 Å². The largest absolute Gasteiger partial charge is 0.504 e. The number of phenols is 1. The molecule has 0 atom stereocenters. The Balaban J connectivity index is 2.30. The van der Waals surface area contributed by atoms with E-state index in [0.29, 0.717) is 22.8 Å². The van der Waals surface area contributed by atoms with Crippen LogP contribution in [0, 0.1) is 6.92 Å². The molecular formula is C15H17NO4S2. The summed E-state index contributed by atoms with van der Waals surface area (Å²) in [6.07, 6.45) is 1.90. The van der Waals surface area contributed by atoms with Crippen molar-refractivity contribution in [2.75, 3.05) is 26.0 Å². The van der Waals surface area contributed by atoms with Crippen molar-refractivity contribution >= 4 is 41.0 Å². The molecule has 0 aromatic heterocycles. The molecule has 7 heteroatoms. The maximum Gasteiger partial charge on any atom is 0.323 e. The topological polar surface area (TPSA) is 70.0 Å². The smallest absolute Gasteiger partial charge is 0.323 e. The fraction of sp³-hybridized carbons (Fsp3) is 0.333. The fourth-order valence-electron chi connectivity index (χ4n) is 2.17. The van der Waals surface area contributed by atoms with Crippen LogP contribution in [0.15, 0.2) is 17.0 Å². The zero-order valence-electron chi connectivity index (χ0n) is 12.3. The lowest BCUT2D eigenvalue weighted by Crippen LogP contribution is -2.39. The van der Waals surface area contributed by atoms with Gasteiger partial charge in [0.1, 0.15) is 11.5 Å². The lowest BCUT2D eigenvalue weighted by Gasteiger charge is -2.29. The summed E-state index contributed by atoms with van der Waals surface area (Å²) in [5, 5.41) is 18.8. The van der Waals surface area contributed by atoms with E-state index in [-0.39, 0.29) is 12.3 Å². The summed E-state index contributed by atoms with van der Waals surface area (Å²) in [4.78, 5) is 14.0. The van der Waals surface area contributed by atoms with Crippen LogP contribution in [-0.2, 0) is 4.79 Å². The van der Waals surface area contributed by atoms with E-state index < -0.39 is 5.97 Å². The van der Waals surface area contributed by atoms with Crippen LogP contribution in [0.3, 0.4) is 0 Å². The maximum atomic E-state index is 10.9. The number of thiocarbonyl (C=S) groups is 1. The van der Waals surface area contributed by atoms with Crippen molar-refractivity contribution in [1.29, 1.82) is 0 Å². The van der Waals surface area contributed by atoms with E-state index in [4.69, 9.17) is 22.1 Å². The van der Waals surface area contributed by atoms with Crippen molar-refractivity contribution in [2.24, 2.45) is 0 Å². The van der Waals surface area contributed by atoms with Gasteiger partial charge in [-0.05, 0) is 36.3 Å². The average Bonchev–Trinajstić information content (AvgIpc) is 2.46. The number of phenolic OH excluding ortho intramolecular Hbond substituents is 1. The molecule has 2 N–H and O–H groups in total. The number of carbonyl (C=O) groups is 1. The standard InChI is InChI=1S/C15H17NO4S2/c1-9-5-10(6-11(20-2)14(9)19)7-12-15(21)16(3-4-22-12)8-13(17)18/h5-7,19H,3-4,8H2,1-2H3,(H,17,18). The van der Waals surface area contributed by atoms with E-state index in [1.54, 1.807) is 29.7 Å². The number of ether oxygens (including phenoxy) is 1. The van der Waals surface area contributed by atoms with Crippen LogP contribution in [0.25, 0.3) is 6.08 Å². The molecule has 0 spiro atoms. The second-order valence-electron chi connectivity index (χ2n) is 4.87. The highest BCUT2D eigenvalue weighted by molar-refractivity contribution is 8.05. The first-order valence-corrected chi connectivity index (χ1v) is 8.05. The quantitative estimate of drug-likeness (QED) is 0.645. The van der Waals surface area contributed by atoms with Gasteiger partial charge in [-0.15, -0.1) is 11.8 Å². The first kappa shape index (κ1) is 16.6. The highest BCUT2D eigenvalue weighted by atomic mass is 32.2. The van der Waals surface area contributed by atoms with Gasteiger partial charge in [0.25, 0.3) is 0 Å². The lowest BCUT2D eigenvalue weighted by atomic mass is 10.1. The van der Waals surface area contributed by atoms with Gasteiger partial charge in [0.2, 0.25) is 0 Å². The molecule has 1 aliphatic heterocycles. The first-order chi connectivity index (χ1) is 10.4. The Morgan fingerprint density at radius 1 is 1.55 bits per heavy atom. The van der Waals surface area contributed by atoms with Gasteiger partial charge in [0, 0.05) is 17.2 Å². The van der Waals surface area contributed by atoms with Crippen LogP contribution < -0.4 is 4.74 Å². The summed E-state index contributed by atoms with van der Waals surface area (Å²) >= 11 is 6.98. The van der Waals surface area contributed by atoms with Crippen LogP contribution >= 0.6 is 24.0 Å². The van der Waals surface area contributed by atoms with Gasteiger partial charge in [-0.25, -0.2) is 0 Å². The van der Waals surface area contributed by atoms with Crippen molar-refractivity contribution in [3.05, 3.63) is 28.2 Å². The Hall–Kier alpha value is -1.73. The number of benzene rings is 1. The van der Waals surface area contributed by atoms with E-state index in [1.807, 2.05) is 12.1 Å². The average molecular weight is 339 g/mol. The zero-order chi connectivity index (χ0) is 16.3. The Labute approximate surface area is 138 Å². The number of methoxy groups -OCH3 is 1. The molecule has 0 bridgehead atoms. The van der Waals surface area contributed by atoms with Crippen molar-refractivity contribution < 1.29 is 19.7 Å². The molecule has 0 aliphatic carbocycles. The maximum absolute atomic E-state index is 10.9. The summed E-state index contributed by atoms with van der Waals surface area (Å²) in [5.41, 5.74) is 1.56. The van der Waals surface area contributed by atoms with Crippen LogP contribution in [0.2, 0.25) is 0 Å². The van der Waals surface area contributed by atoms with Crippen LogP contribution in [-0.4, -0.2) is 52.0 Å². The van der Waals surface area contributed by atoms with E-state index in [2.05, 4.69) is 0 Å². The van der Waals surface area contributed by atoms with Gasteiger partial charge >= 0.3 is 5.97 Å². The fourth-order valence-corrected chi connectivity index (χ4v) is 3.56. The summed E-state index contributed by atoms with van der Waals surface area (Å²) in [6.45, 7) is 2.34. The third-order valence-corrected chi connectivity index (χ3v) is 4.86. The highest BCUT2D eigenvalue weighted by Crippen LogP contribution is 2.33. The molecule has 1 aliphatic rings. The highest BCUT2D eigenvalue weighted by Gasteiger charge is 2.22. The third-order valence-electron chi connectivity index (χ3n) is 3.25. The predicted molar refractivity (Wildman–Crippen MR) is 91.6 cm³/mol. The number of aromatic hydroxyl groups is 1. The molecule has 1 heterocycles. The summed E-state index contributed by atoms with van der Waals surface area (Å²) in [5.74, 6) is 0.417. The number of rotatable bonds is 4. The molecule has 5 nitrogen and oxygen atoms in total. The second-order valence-corrected chi connectivity index (χ2v) is 6.39. The minimum atomic E-state index is -0.893. The van der Waals surface area contributed by atoms with E-state index in [1.165, 1.54) is 7.11 Å². The Bertz CT molecular complexity index is 643. The Morgan fingerprint density at radius 3 is 2.91 bits per heavy atom. The summed E-state index contributed by atoms with van der Waals surface area (Å²) in [6, 6.07) is 3.57. The van der Waals surface area contributed by atoms with Gasteiger partial charge in [0.05, 0.1) is 7.11 Å². The first-order valence-electron chi connectivity index (χ1n) is 6.65. The molecule has 22 heavy (non-hydrogen) atoms. The molecule has 2 rings (SSSR count). The van der Waals surface area contributed by atoms with Crippen molar-refractivity contribution in [3.8, 4) is 11.5 Å². The summed E-state index contributed by atoms with van der Waals surface area (Å²) in [7, 11) is 1.50. The van der Waals surface area contributed by atoms with E-state index in [9.17, 15) is 9.90 Å². The number of thioether (sulfide) groups is 1.